The number of amides is 1. The zero-order valence-electron chi connectivity index (χ0n) is 8.17. The van der Waals surface area contributed by atoms with Crippen molar-refractivity contribution >= 4 is 11.9 Å². The van der Waals surface area contributed by atoms with Crippen molar-refractivity contribution in [1.82, 2.24) is 4.90 Å². The van der Waals surface area contributed by atoms with Crippen LogP contribution < -0.4 is 5.11 Å². The lowest BCUT2D eigenvalue weighted by Crippen LogP contribution is -2.44. The molecule has 4 atom stereocenters. The van der Waals surface area contributed by atoms with Gasteiger partial charge in [-0.2, -0.15) is 0 Å². The van der Waals surface area contributed by atoms with Crippen molar-refractivity contribution in [1.29, 1.82) is 0 Å². The fourth-order valence-electron chi connectivity index (χ4n) is 2.96. The predicted molar refractivity (Wildman–Crippen MR) is 46.4 cm³/mol. The lowest BCUT2D eigenvalue weighted by atomic mass is 9.77. The Morgan fingerprint density at radius 3 is 3.13 bits per heavy atom. The van der Waals surface area contributed by atoms with Gasteiger partial charge in [0.05, 0.1) is 18.6 Å². The van der Waals surface area contributed by atoms with Crippen LogP contribution in [0.3, 0.4) is 0 Å². The average Bonchev–Trinajstić information content (AvgIpc) is 2.75. The quantitative estimate of drug-likeness (QED) is 0.474. The van der Waals surface area contributed by atoms with Gasteiger partial charge in [0, 0.05) is 18.9 Å². The Morgan fingerprint density at radius 1 is 1.73 bits per heavy atom. The van der Waals surface area contributed by atoms with Crippen LogP contribution in [0, 0.1) is 11.8 Å². The van der Waals surface area contributed by atoms with E-state index in [0.29, 0.717) is 6.54 Å². The number of carboxylic acids is 1. The SMILES string of the molecule is CN1C[C@@]23C=C[C@H](O2)[C@H](C(=O)[O-])[C@H]3C1=O. The number of carbonyl (C=O) groups is 2. The van der Waals surface area contributed by atoms with E-state index in [4.69, 9.17) is 4.74 Å². The van der Waals surface area contributed by atoms with E-state index in [0.717, 1.165) is 0 Å². The minimum atomic E-state index is -1.19. The maximum absolute atomic E-state index is 11.8. The normalized spacial score (nSPS) is 46.3. The molecule has 0 aromatic heterocycles. The first-order chi connectivity index (χ1) is 7.05. The minimum Gasteiger partial charge on any atom is -0.550 e. The fraction of sp³-hybridized carbons (Fsp3) is 0.600. The smallest absolute Gasteiger partial charge is 0.229 e. The highest BCUT2D eigenvalue weighted by atomic mass is 16.5. The summed E-state index contributed by atoms with van der Waals surface area (Å²) in [7, 11) is 1.66. The van der Waals surface area contributed by atoms with Crippen LogP contribution in [0.25, 0.3) is 0 Å². The van der Waals surface area contributed by atoms with E-state index in [1.54, 1.807) is 13.1 Å². The molecule has 2 fully saturated rings. The lowest BCUT2D eigenvalue weighted by Gasteiger charge is -2.24. The summed E-state index contributed by atoms with van der Waals surface area (Å²) in [4.78, 5) is 24.3. The molecule has 2 bridgehead atoms. The third-order valence-electron chi connectivity index (χ3n) is 3.56. The van der Waals surface area contributed by atoms with Crippen LogP contribution in [-0.4, -0.2) is 42.1 Å². The summed E-state index contributed by atoms with van der Waals surface area (Å²) < 4.78 is 5.60. The van der Waals surface area contributed by atoms with Crippen LogP contribution in [0.1, 0.15) is 0 Å². The van der Waals surface area contributed by atoms with Gasteiger partial charge in [0.25, 0.3) is 0 Å². The number of fused-ring (bicyclic) bond motifs is 1. The molecule has 0 aromatic carbocycles. The Morgan fingerprint density at radius 2 is 2.47 bits per heavy atom. The number of carboxylic acid groups (broad SMARTS) is 1. The molecule has 1 spiro atoms. The number of nitrogens with zero attached hydrogens (tertiary/aromatic N) is 1. The third-order valence-corrected chi connectivity index (χ3v) is 3.56. The Balaban J connectivity index is 2.08. The molecule has 0 aromatic rings. The molecule has 0 aliphatic carbocycles. The molecule has 3 heterocycles. The molecule has 0 saturated carbocycles. The van der Waals surface area contributed by atoms with Crippen molar-refractivity contribution in [3.63, 3.8) is 0 Å². The summed E-state index contributed by atoms with van der Waals surface area (Å²) in [6.45, 7) is 0.438. The van der Waals surface area contributed by atoms with E-state index in [1.807, 2.05) is 6.08 Å². The summed E-state index contributed by atoms with van der Waals surface area (Å²) in [5.74, 6) is -2.77. The number of hydrogen-bond donors (Lipinski definition) is 0. The topological polar surface area (TPSA) is 69.7 Å². The first kappa shape index (κ1) is 8.91. The molecular formula is C10H10NO4-. The Bertz CT molecular complexity index is 391. The molecule has 80 valence electrons. The van der Waals surface area contributed by atoms with Gasteiger partial charge >= 0.3 is 0 Å². The number of rotatable bonds is 1. The summed E-state index contributed by atoms with van der Waals surface area (Å²) in [5, 5.41) is 11.0. The fourth-order valence-corrected chi connectivity index (χ4v) is 2.96. The Hall–Kier alpha value is -1.36. The molecule has 3 rings (SSSR count). The molecular weight excluding hydrogens is 198 g/mol. The number of carbonyl (C=O) groups excluding carboxylic acids is 2. The lowest BCUT2D eigenvalue weighted by molar-refractivity contribution is -0.313. The summed E-state index contributed by atoms with van der Waals surface area (Å²) >= 11 is 0. The third kappa shape index (κ3) is 0.866. The van der Waals surface area contributed by atoms with Crippen LogP contribution >= 0.6 is 0 Å². The molecule has 3 aliphatic rings. The molecule has 1 amide bonds. The average molecular weight is 208 g/mol. The van der Waals surface area contributed by atoms with Crippen LogP contribution in [-0.2, 0) is 14.3 Å². The van der Waals surface area contributed by atoms with Crippen molar-refractivity contribution in [2.24, 2.45) is 11.8 Å². The highest BCUT2D eigenvalue weighted by molar-refractivity contribution is 5.90. The zero-order valence-corrected chi connectivity index (χ0v) is 8.17. The van der Waals surface area contributed by atoms with Crippen molar-refractivity contribution < 1.29 is 19.4 Å². The second-order valence-corrected chi connectivity index (χ2v) is 4.41. The number of aliphatic carboxylic acids is 1. The molecule has 3 aliphatic heterocycles. The van der Waals surface area contributed by atoms with E-state index in [2.05, 4.69) is 0 Å². The van der Waals surface area contributed by atoms with Crippen LogP contribution in [0.4, 0.5) is 0 Å². The van der Waals surface area contributed by atoms with Gasteiger partial charge in [-0.1, -0.05) is 12.2 Å². The van der Waals surface area contributed by atoms with Crippen molar-refractivity contribution in [2.45, 2.75) is 11.7 Å². The Kier molecular flexibility index (Phi) is 1.43. The Labute approximate surface area is 86.3 Å². The number of likely N-dealkylation sites (tertiary alicyclic amines) is 1. The molecule has 5 heteroatoms. The maximum atomic E-state index is 11.8. The van der Waals surface area contributed by atoms with Crippen LogP contribution in [0.5, 0.6) is 0 Å². The van der Waals surface area contributed by atoms with Crippen molar-refractivity contribution in [2.75, 3.05) is 13.6 Å². The van der Waals surface area contributed by atoms with Gasteiger partial charge in [-0.3, -0.25) is 4.79 Å². The highest BCUT2D eigenvalue weighted by Crippen LogP contribution is 2.51. The van der Waals surface area contributed by atoms with Gasteiger partial charge in [-0.25, -0.2) is 0 Å². The van der Waals surface area contributed by atoms with Crippen LogP contribution in [0.2, 0.25) is 0 Å². The van der Waals surface area contributed by atoms with E-state index in [-0.39, 0.29) is 5.91 Å². The van der Waals surface area contributed by atoms with Crippen molar-refractivity contribution in [3.05, 3.63) is 12.2 Å². The summed E-state index contributed by atoms with van der Waals surface area (Å²) in [6, 6.07) is 0. The molecule has 0 radical (unpaired) electrons. The van der Waals surface area contributed by atoms with Gasteiger partial charge in [0.2, 0.25) is 5.91 Å². The second-order valence-electron chi connectivity index (χ2n) is 4.41. The van der Waals surface area contributed by atoms with Gasteiger partial charge in [0.15, 0.2) is 0 Å². The monoisotopic (exact) mass is 208 g/mol. The van der Waals surface area contributed by atoms with Crippen LogP contribution in [0.15, 0.2) is 12.2 Å². The second kappa shape index (κ2) is 2.41. The van der Waals surface area contributed by atoms with Crippen molar-refractivity contribution in [3.8, 4) is 0 Å². The first-order valence-corrected chi connectivity index (χ1v) is 4.88. The minimum absolute atomic E-state index is 0.156. The number of likely N-dealkylation sites (N-methyl/N-ethyl adjacent to an activating group) is 1. The number of ether oxygens (including phenoxy) is 1. The molecule has 5 nitrogen and oxygen atoms in total. The molecule has 15 heavy (non-hydrogen) atoms. The highest BCUT2D eigenvalue weighted by Gasteiger charge is 2.64. The van der Waals surface area contributed by atoms with Gasteiger partial charge in [-0.15, -0.1) is 0 Å². The molecule has 0 N–H and O–H groups in total. The van der Waals surface area contributed by atoms with E-state index in [1.165, 1.54) is 4.90 Å². The van der Waals surface area contributed by atoms with E-state index in [9.17, 15) is 14.7 Å². The molecule has 2 saturated heterocycles. The number of hydrogen-bond acceptors (Lipinski definition) is 4. The first-order valence-electron chi connectivity index (χ1n) is 4.88. The summed E-state index contributed by atoms with van der Waals surface area (Å²) in [6.07, 6.45) is 3.06. The standard InChI is InChI=1S/C10H11NO4/c1-11-4-10-3-2-5(15-10)6(9(13)14)7(10)8(11)12/h2-3,5-7H,4H2,1H3,(H,13,14)/p-1/t5-,6-,7-,10+/m0/s1. The largest absolute Gasteiger partial charge is 0.550 e. The van der Waals surface area contributed by atoms with Gasteiger partial charge < -0.3 is 19.5 Å². The van der Waals surface area contributed by atoms with E-state index < -0.39 is 29.5 Å². The zero-order chi connectivity index (χ0) is 10.8. The molecule has 0 unspecified atom stereocenters. The van der Waals surface area contributed by atoms with Gasteiger partial charge in [-0.05, 0) is 0 Å². The van der Waals surface area contributed by atoms with Gasteiger partial charge in [0.1, 0.15) is 5.60 Å². The summed E-state index contributed by atoms with van der Waals surface area (Å²) in [5.41, 5.74) is -0.707. The predicted octanol–water partition coefficient (Wildman–Crippen LogP) is -1.85. The van der Waals surface area contributed by atoms with E-state index >= 15 is 0 Å². The maximum Gasteiger partial charge on any atom is 0.229 e.